The molecule has 2 saturated carbocycles. The number of hydrogen-bond acceptors (Lipinski definition) is 3. The Hall–Kier alpha value is -2.18. The minimum atomic E-state index is -3.61. The lowest BCUT2D eigenvalue weighted by Gasteiger charge is -2.22. The Bertz CT molecular complexity index is 974. The van der Waals surface area contributed by atoms with Crippen molar-refractivity contribution in [3.8, 4) is 0 Å². The van der Waals surface area contributed by atoms with E-state index >= 15 is 0 Å². The molecule has 2 aromatic rings. The zero-order valence-electron chi connectivity index (χ0n) is 17.4. The smallest absolute Gasteiger partial charge is 0.241 e. The number of hydrogen-bond donors (Lipinski definition) is 2. The lowest BCUT2D eigenvalue weighted by Crippen LogP contribution is -2.27. The van der Waals surface area contributed by atoms with Gasteiger partial charge in [-0.3, -0.25) is 4.79 Å². The van der Waals surface area contributed by atoms with Gasteiger partial charge in [0.05, 0.1) is 4.90 Å². The van der Waals surface area contributed by atoms with Gasteiger partial charge in [0.1, 0.15) is 0 Å². The van der Waals surface area contributed by atoms with Crippen molar-refractivity contribution in [1.29, 1.82) is 0 Å². The predicted molar refractivity (Wildman–Crippen MR) is 119 cm³/mol. The summed E-state index contributed by atoms with van der Waals surface area (Å²) in [4.78, 5) is 12.2. The Balaban J connectivity index is 1.38. The fourth-order valence-corrected chi connectivity index (χ4v) is 5.40. The second-order valence-electron chi connectivity index (χ2n) is 8.63. The van der Waals surface area contributed by atoms with E-state index in [1.165, 1.54) is 37.7 Å². The molecule has 0 radical (unpaired) electrons. The standard InChI is InChI=1S/C24H30N2O3S/c1-17(18-9-13-22(14-10-18)25-24(27)21-7-8-21)26-30(28,29)23-15-11-20(12-16-23)19-5-3-2-4-6-19/h9-17,19,21,26H,2-8H2,1H3,(H,25,27). The van der Waals surface area contributed by atoms with E-state index < -0.39 is 10.0 Å². The van der Waals surface area contributed by atoms with Gasteiger partial charge in [-0.2, -0.15) is 0 Å². The number of rotatable bonds is 7. The number of carbonyl (C=O) groups is 1. The topological polar surface area (TPSA) is 75.3 Å². The first-order chi connectivity index (χ1) is 14.4. The van der Waals surface area contributed by atoms with Gasteiger partial charge in [-0.1, -0.05) is 43.5 Å². The van der Waals surface area contributed by atoms with E-state index in [1.807, 2.05) is 43.3 Å². The Morgan fingerprint density at radius 1 is 0.900 bits per heavy atom. The summed E-state index contributed by atoms with van der Waals surface area (Å²) in [6.07, 6.45) is 8.13. The fourth-order valence-electron chi connectivity index (χ4n) is 4.17. The summed E-state index contributed by atoms with van der Waals surface area (Å²) in [5.41, 5.74) is 2.83. The molecule has 0 aromatic heterocycles. The van der Waals surface area contributed by atoms with Crippen molar-refractivity contribution in [2.75, 3.05) is 5.32 Å². The summed E-state index contributed by atoms with van der Waals surface area (Å²) in [5, 5.41) is 2.90. The minimum Gasteiger partial charge on any atom is -0.326 e. The van der Waals surface area contributed by atoms with Crippen molar-refractivity contribution in [1.82, 2.24) is 4.72 Å². The lowest BCUT2D eigenvalue weighted by molar-refractivity contribution is -0.117. The molecule has 160 valence electrons. The summed E-state index contributed by atoms with van der Waals surface area (Å²) in [7, 11) is -3.61. The van der Waals surface area contributed by atoms with Crippen molar-refractivity contribution in [2.24, 2.45) is 5.92 Å². The molecule has 0 bridgehead atoms. The molecular formula is C24H30N2O3S. The van der Waals surface area contributed by atoms with Crippen LogP contribution in [-0.2, 0) is 14.8 Å². The van der Waals surface area contributed by atoms with E-state index in [1.54, 1.807) is 12.1 Å². The molecule has 0 aliphatic heterocycles. The van der Waals surface area contributed by atoms with Crippen LogP contribution >= 0.6 is 0 Å². The second-order valence-corrected chi connectivity index (χ2v) is 10.3. The van der Waals surface area contributed by atoms with Gasteiger partial charge in [0.25, 0.3) is 0 Å². The Kier molecular flexibility index (Phi) is 6.25. The molecule has 2 N–H and O–H groups in total. The number of sulfonamides is 1. The molecular weight excluding hydrogens is 396 g/mol. The average molecular weight is 427 g/mol. The van der Waals surface area contributed by atoms with Gasteiger partial charge in [0.15, 0.2) is 0 Å². The SMILES string of the molecule is CC(NS(=O)(=O)c1ccc(C2CCCCC2)cc1)c1ccc(NC(=O)C2CC2)cc1. The van der Waals surface area contributed by atoms with Gasteiger partial charge >= 0.3 is 0 Å². The molecule has 6 heteroatoms. The summed E-state index contributed by atoms with van der Waals surface area (Å²) in [6.45, 7) is 1.83. The van der Waals surface area contributed by atoms with Crippen molar-refractivity contribution in [3.05, 3.63) is 59.7 Å². The van der Waals surface area contributed by atoms with Gasteiger partial charge in [0, 0.05) is 17.6 Å². The summed E-state index contributed by atoms with van der Waals surface area (Å²) < 4.78 is 28.4. The predicted octanol–water partition coefficient (Wildman–Crippen LogP) is 5.12. The van der Waals surface area contributed by atoms with Crippen LogP contribution in [0.4, 0.5) is 5.69 Å². The fraction of sp³-hybridized carbons (Fsp3) is 0.458. The molecule has 30 heavy (non-hydrogen) atoms. The first kappa shape index (κ1) is 21.1. The van der Waals surface area contributed by atoms with Gasteiger partial charge < -0.3 is 5.32 Å². The van der Waals surface area contributed by atoms with Crippen LogP contribution in [0.5, 0.6) is 0 Å². The molecule has 5 nitrogen and oxygen atoms in total. The van der Waals surface area contributed by atoms with Crippen LogP contribution in [0.2, 0.25) is 0 Å². The number of nitrogens with one attached hydrogen (secondary N) is 2. The molecule has 2 fully saturated rings. The molecule has 4 rings (SSSR count). The number of benzene rings is 2. The minimum absolute atomic E-state index is 0.0631. The highest BCUT2D eigenvalue weighted by Crippen LogP contribution is 2.33. The third-order valence-electron chi connectivity index (χ3n) is 6.23. The maximum atomic E-state index is 12.8. The highest BCUT2D eigenvalue weighted by atomic mass is 32.2. The van der Waals surface area contributed by atoms with Crippen LogP contribution in [0.1, 0.15) is 75.0 Å². The monoisotopic (exact) mass is 426 g/mol. The lowest BCUT2D eigenvalue weighted by atomic mass is 9.84. The Morgan fingerprint density at radius 3 is 2.13 bits per heavy atom. The first-order valence-corrected chi connectivity index (χ1v) is 12.4. The van der Waals surface area contributed by atoms with Crippen LogP contribution in [0.15, 0.2) is 53.4 Å². The van der Waals surface area contributed by atoms with E-state index in [0.29, 0.717) is 10.8 Å². The van der Waals surface area contributed by atoms with Crippen LogP contribution < -0.4 is 10.0 Å². The third kappa shape index (κ3) is 5.10. The maximum Gasteiger partial charge on any atom is 0.241 e. The normalized spacial score (nSPS) is 18.7. The van der Waals surface area contributed by atoms with Crippen molar-refractivity contribution in [2.45, 2.75) is 68.7 Å². The Morgan fingerprint density at radius 2 is 1.53 bits per heavy atom. The average Bonchev–Trinajstić information content (AvgIpc) is 3.60. The van der Waals surface area contributed by atoms with Crippen molar-refractivity contribution >= 4 is 21.6 Å². The van der Waals surface area contributed by atoms with E-state index in [9.17, 15) is 13.2 Å². The highest BCUT2D eigenvalue weighted by Gasteiger charge is 2.29. The molecule has 0 saturated heterocycles. The molecule has 2 aromatic carbocycles. The summed E-state index contributed by atoms with van der Waals surface area (Å²) in [6, 6.07) is 14.3. The number of anilines is 1. The second kappa shape index (κ2) is 8.90. The van der Waals surface area contributed by atoms with Gasteiger partial charge in [0.2, 0.25) is 15.9 Å². The molecule has 2 aliphatic carbocycles. The van der Waals surface area contributed by atoms with E-state index in [-0.39, 0.29) is 17.9 Å². The van der Waals surface area contributed by atoms with E-state index in [2.05, 4.69) is 10.0 Å². The van der Waals surface area contributed by atoms with Crippen LogP contribution in [-0.4, -0.2) is 14.3 Å². The van der Waals surface area contributed by atoms with E-state index in [4.69, 9.17) is 0 Å². The molecule has 0 spiro atoms. The van der Waals surface area contributed by atoms with Crippen LogP contribution in [0.3, 0.4) is 0 Å². The third-order valence-corrected chi connectivity index (χ3v) is 7.78. The largest absolute Gasteiger partial charge is 0.326 e. The Labute approximate surface area is 179 Å². The first-order valence-electron chi connectivity index (χ1n) is 11.0. The quantitative estimate of drug-likeness (QED) is 0.645. The molecule has 1 unspecified atom stereocenters. The zero-order chi connectivity index (χ0) is 21.1. The van der Waals surface area contributed by atoms with Gasteiger partial charge in [-0.05, 0) is 73.9 Å². The number of amides is 1. The zero-order valence-corrected chi connectivity index (χ0v) is 18.3. The molecule has 0 heterocycles. The van der Waals surface area contributed by atoms with Crippen molar-refractivity contribution in [3.63, 3.8) is 0 Å². The van der Waals surface area contributed by atoms with Crippen molar-refractivity contribution < 1.29 is 13.2 Å². The summed E-state index contributed by atoms with van der Waals surface area (Å²) >= 11 is 0. The highest BCUT2D eigenvalue weighted by molar-refractivity contribution is 7.89. The maximum absolute atomic E-state index is 12.8. The number of carbonyl (C=O) groups excluding carboxylic acids is 1. The van der Waals surface area contributed by atoms with Crippen LogP contribution in [0.25, 0.3) is 0 Å². The molecule has 2 aliphatic rings. The molecule has 1 atom stereocenters. The van der Waals surface area contributed by atoms with E-state index in [0.717, 1.165) is 24.1 Å². The van der Waals surface area contributed by atoms with Gasteiger partial charge in [-0.15, -0.1) is 0 Å². The van der Waals surface area contributed by atoms with Crippen LogP contribution in [0, 0.1) is 5.92 Å². The summed E-state index contributed by atoms with van der Waals surface area (Å²) in [5.74, 6) is 0.773. The van der Waals surface area contributed by atoms with Gasteiger partial charge in [-0.25, -0.2) is 13.1 Å². The molecule has 1 amide bonds.